The molecule has 3 N–H and O–H groups in total. The summed E-state index contributed by atoms with van der Waals surface area (Å²) in [5.41, 5.74) is 3.71. The molecule has 0 saturated heterocycles. The number of H-pyrrole nitrogens is 1. The Morgan fingerprint density at radius 2 is 1.44 bits per heavy atom. The Hall–Kier alpha value is -4.29. The normalized spacial score (nSPS) is 11.1. The Morgan fingerprint density at radius 3 is 1.97 bits per heavy atom. The standard InChI is InChI=1S/C27H26N4O6S2/c1-17(32)31-39(34,35)23-14-8-20(9-15-23)28-24(33)16-38-27-29-25(18-4-10-21(36-2)11-5-18)26(30-27)19-6-12-22(37-3)13-7-19/h4-15H,16H2,1-3H3,(H,28,33)(H,29,30)(H,31,32). The lowest BCUT2D eigenvalue weighted by atomic mass is 10.0. The molecule has 2 amide bonds. The van der Waals surface area contributed by atoms with Gasteiger partial charge in [-0.1, -0.05) is 11.8 Å². The summed E-state index contributed by atoms with van der Waals surface area (Å²) < 4.78 is 36.6. The third-order valence-electron chi connectivity index (χ3n) is 5.49. The van der Waals surface area contributed by atoms with Crippen LogP contribution in [-0.2, 0) is 19.6 Å². The Labute approximate surface area is 230 Å². The maximum Gasteiger partial charge on any atom is 0.264 e. The van der Waals surface area contributed by atoms with E-state index in [1.54, 1.807) is 14.2 Å². The molecule has 0 aliphatic heterocycles. The molecular formula is C27H26N4O6S2. The van der Waals surface area contributed by atoms with E-state index in [0.717, 1.165) is 40.9 Å². The molecule has 0 aliphatic rings. The van der Waals surface area contributed by atoms with E-state index in [0.29, 0.717) is 10.8 Å². The maximum atomic E-state index is 12.6. The number of hydrogen-bond donors (Lipinski definition) is 3. The number of benzene rings is 3. The minimum absolute atomic E-state index is 0.0591. The number of carbonyl (C=O) groups is 2. The van der Waals surface area contributed by atoms with Crippen molar-refractivity contribution in [3.05, 3.63) is 72.8 Å². The lowest BCUT2D eigenvalue weighted by molar-refractivity contribution is -0.117. The second kappa shape index (κ2) is 12.0. The van der Waals surface area contributed by atoms with Gasteiger partial charge in [0.15, 0.2) is 5.16 Å². The van der Waals surface area contributed by atoms with Crippen LogP contribution in [0.3, 0.4) is 0 Å². The van der Waals surface area contributed by atoms with Gasteiger partial charge in [0.05, 0.1) is 36.3 Å². The van der Waals surface area contributed by atoms with Gasteiger partial charge in [0.2, 0.25) is 11.8 Å². The number of aromatic nitrogens is 2. The van der Waals surface area contributed by atoms with Gasteiger partial charge in [0.1, 0.15) is 11.5 Å². The highest BCUT2D eigenvalue weighted by molar-refractivity contribution is 7.99. The molecule has 0 bridgehead atoms. The number of carbonyl (C=O) groups excluding carboxylic acids is 2. The Kier molecular flexibility index (Phi) is 8.57. The number of aromatic amines is 1. The summed E-state index contributed by atoms with van der Waals surface area (Å²) in [4.78, 5) is 31.7. The minimum atomic E-state index is -3.95. The molecule has 0 saturated carbocycles. The van der Waals surface area contributed by atoms with Gasteiger partial charge < -0.3 is 19.8 Å². The fourth-order valence-electron chi connectivity index (χ4n) is 3.64. The first-order chi connectivity index (χ1) is 18.7. The predicted octanol–water partition coefficient (Wildman–Crippen LogP) is 4.32. The van der Waals surface area contributed by atoms with Crippen molar-refractivity contribution in [1.82, 2.24) is 14.7 Å². The second-order valence-corrected chi connectivity index (χ2v) is 10.9. The first-order valence-electron chi connectivity index (χ1n) is 11.6. The molecule has 3 aromatic carbocycles. The molecule has 39 heavy (non-hydrogen) atoms. The molecule has 4 rings (SSSR count). The number of nitrogens with one attached hydrogen (secondary N) is 3. The van der Waals surface area contributed by atoms with E-state index in [-0.39, 0.29) is 16.6 Å². The second-order valence-electron chi connectivity index (χ2n) is 8.25. The van der Waals surface area contributed by atoms with Crippen LogP contribution in [-0.4, -0.2) is 50.2 Å². The SMILES string of the molecule is COc1ccc(-c2nc(SCC(=O)Nc3ccc(S(=O)(=O)NC(C)=O)cc3)[nH]c2-c2ccc(OC)cc2)cc1. The molecule has 1 aromatic heterocycles. The van der Waals surface area contributed by atoms with Gasteiger partial charge >= 0.3 is 0 Å². The molecular weight excluding hydrogens is 540 g/mol. The fraction of sp³-hybridized carbons (Fsp3) is 0.148. The summed E-state index contributed by atoms with van der Waals surface area (Å²) >= 11 is 1.23. The van der Waals surface area contributed by atoms with Crippen molar-refractivity contribution >= 4 is 39.3 Å². The first kappa shape index (κ1) is 27.7. The van der Waals surface area contributed by atoms with E-state index in [9.17, 15) is 18.0 Å². The van der Waals surface area contributed by atoms with Crippen molar-refractivity contribution in [2.45, 2.75) is 17.0 Å². The van der Waals surface area contributed by atoms with Gasteiger partial charge in [0, 0.05) is 23.7 Å². The predicted molar refractivity (Wildman–Crippen MR) is 149 cm³/mol. The highest BCUT2D eigenvalue weighted by atomic mass is 32.2. The largest absolute Gasteiger partial charge is 0.497 e. The lowest BCUT2D eigenvalue weighted by Crippen LogP contribution is -2.28. The summed E-state index contributed by atoms with van der Waals surface area (Å²) in [5.74, 6) is 0.533. The minimum Gasteiger partial charge on any atom is -0.497 e. The van der Waals surface area contributed by atoms with Crippen LogP contribution in [0.5, 0.6) is 11.5 Å². The van der Waals surface area contributed by atoms with Crippen LogP contribution < -0.4 is 19.5 Å². The molecule has 202 valence electrons. The monoisotopic (exact) mass is 566 g/mol. The van der Waals surface area contributed by atoms with Gasteiger partial charge in [-0.25, -0.2) is 18.1 Å². The van der Waals surface area contributed by atoms with Crippen LogP contribution in [0, 0.1) is 0 Å². The van der Waals surface area contributed by atoms with Crippen molar-refractivity contribution in [3.8, 4) is 34.0 Å². The number of amides is 2. The van der Waals surface area contributed by atoms with Crippen LogP contribution in [0.2, 0.25) is 0 Å². The molecule has 0 radical (unpaired) electrons. The molecule has 0 fully saturated rings. The van der Waals surface area contributed by atoms with E-state index in [1.807, 2.05) is 53.3 Å². The molecule has 12 heteroatoms. The van der Waals surface area contributed by atoms with Gasteiger partial charge in [-0.2, -0.15) is 0 Å². The number of imidazole rings is 1. The Morgan fingerprint density at radius 1 is 0.872 bits per heavy atom. The summed E-state index contributed by atoms with van der Waals surface area (Å²) in [7, 11) is -0.737. The topological polar surface area (TPSA) is 139 Å². The van der Waals surface area contributed by atoms with Crippen LogP contribution in [0.15, 0.2) is 82.8 Å². The van der Waals surface area contributed by atoms with Crippen molar-refractivity contribution < 1.29 is 27.5 Å². The van der Waals surface area contributed by atoms with Crippen LogP contribution in [0.25, 0.3) is 22.5 Å². The zero-order chi connectivity index (χ0) is 28.0. The average molecular weight is 567 g/mol. The highest BCUT2D eigenvalue weighted by Crippen LogP contribution is 2.34. The average Bonchev–Trinajstić information content (AvgIpc) is 3.36. The van der Waals surface area contributed by atoms with Crippen molar-refractivity contribution in [2.24, 2.45) is 0 Å². The van der Waals surface area contributed by atoms with Gasteiger partial charge in [0.25, 0.3) is 10.0 Å². The van der Waals surface area contributed by atoms with Crippen molar-refractivity contribution in [3.63, 3.8) is 0 Å². The molecule has 10 nitrogen and oxygen atoms in total. The summed E-state index contributed by atoms with van der Waals surface area (Å²) in [6, 6.07) is 20.6. The molecule has 0 spiro atoms. The van der Waals surface area contributed by atoms with Crippen molar-refractivity contribution in [2.75, 3.05) is 25.3 Å². The summed E-state index contributed by atoms with van der Waals surface area (Å²) in [6.07, 6.45) is 0. The number of anilines is 1. The number of rotatable bonds is 10. The number of thioether (sulfide) groups is 1. The summed E-state index contributed by atoms with van der Waals surface area (Å²) in [5, 5.41) is 3.28. The molecule has 1 heterocycles. The lowest BCUT2D eigenvalue weighted by Gasteiger charge is -2.07. The third-order valence-corrected chi connectivity index (χ3v) is 7.81. The van der Waals surface area contributed by atoms with Gasteiger partial charge in [-0.3, -0.25) is 9.59 Å². The van der Waals surface area contributed by atoms with E-state index in [2.05, 4.69) is 10.3 Å². The number of ether oxygens (including phenoxy) is 2. The number of nitrogens with zero attached hydrogens (tertiary/aromatic N) is 1. The van der Waals surface area contributed by atoms with Crippen molar-refractivity contribution in [1.29, 1.82) is 0 Å². The Bertz CT molecular complexity index is 1500. The smallest absolute Gasteiger partial charge is 0.264 e. The molecule has 4 aromatic rings. The van der Waals surface area contributed by atoms with Gasteiger partial charge in [-0.15, -0.1) is 0 Å². The fourth-order valence-corrected chi connectivity index (χ4v) is 5.30. The highest BCUT2D eigenvalue weighted by Gasteiger charge is 2.17. The zero-order valence-corrected chi connectivity index (χ0v) is 23.0. The van der Waals surface area contributed by atoms with Crippen LogP contribution in [0.4, 0.5) is 5.69 Å². The quantitative estimate of drug-likeness (QED) is 0.241. The zero-order valence-electron chi connectivity index (χ0n) is 21.3. The van der Waals surface area contributed by atoms with E-state index < -0.39 is 15.9 Å². The number of sulfonamides is 1. The maximum absolute atomic E-state index is 12.6. The van der Waals surface area contributed by atoms with Gasteiger partial charge in [-0.05, 0) is 72.8 Å². The summed E-state index contributed by atoms with van der Waals surface area (Å²) in [6.45, 7) is 1.11. The van der Waals surface area contributed by atoms with E-state index >= 15 is 0 Å². The van der Waals surface area contributed by atoms with E-state index in [1.165, 1.54) is 36.0 Å². The number of methoxy groups -OCH3 is 2. The molecule has 0 unspecified atom stereocenters. The number of hydrogen-bond acceptors (Lipinski definition) is 8. The van der Waals surface area contributed by atoms with Crippen LogP contribution in [0.1, 0.15) is 6.92 Å². The molecule has 0 aliphatic carbocycles. The van der Waals surface area contributed by atoms with E-state index in [4.69, 9.17) is 14.5 Å². The van der Waals surface area contributed by atoms with Crippen LogP contribution >= 0.6 is 11.8 Å². The Balaban J connectivity index is 1.49. The first-order valence-corrected chi connectivity index (χ1v) is 14.1. The third kappa shape index (κ3) is 6.98. The molecule has 0 atom stereocenters.